The van der Waals surface area contributed by atoms with Crippen LogP contribution in [-0.2, 0) is 0 Å². The molecule has 0 aliphatic heterocycles. The molecule has 1 aromatic heterocycles. The summed E-state index contributed by atoms with van der Waals surface area (Å²) < 4.78 is 5.03. The number of rotatable bonds is 4. The number of nitrogens with two attached hydrogens (primary N) is 1. The Labute approximate surface area is 85.6 Å². The highest BCUT2D eigenvalue weighted by Crippen LogP contribution is 2.28. The molecule has 0 atom stereocenters. The van der Waals surface area contributed by atoms with Gasteiger partial charge in [-0.3, -0.25) is 15.5 Å². The molecule has 0 aromatic carbocycles. The lowest BCUT2D eigenvalue weighted by Crippen LogP contribution is -2.13. The van der Waals surface area contributed by atoms with Gasteiger partial charge in [0.05, 0.1) is 11.5 Å². The van der Waals surface area contributed by atoms with E-state index in [1.54, 1.807) is 6.92 Å². The van der Waals surface area contributed by atoms with Crippen LogP contribution in [0.3, 0.4) is 0 Å². The summed E-state index contributed by atoms with van der Waals surface area (Å²) in [5, 5.41) is 10.7. The third kappa shape index (κ3) is 2.29. The van der Waals surface area contributed by atoms with E-state index in [0.29, 0.717) is 0 Å². The summed E-state index contributed by atoms with van der Waals surface area (Å²) in [6.07, 6.45) is 0. The second-order valence-electron chi connectivity index (χ2n) is 2.62. The minimum absolute atomic E-state index is 0.0806. The lowest BCUT2D eigenvalue weighted by molar-refractivity contribution is -0.387. The first-order valence-corrected chi connectivity index (χ1v) is 4.22. The van der Waals surface area contributed by atoms with Crippen LogP contribution in [-0.4, -0.2) is 21.5 Å². The first-order valence-electron chi connectivity index (χ1n) is 4.22. The fraction of sp³-hybridized carbons (Fsp3) is 0.429. The number of nitrogens with zero attached hydrogens (tertiary/aromatic N) is 3. The van der Waals surface area contributed by atoms with Gasteiger partial charge in [-0.05, 0) is 13.8 Å². The van der Waals surface area contributed by atoms with Gasteiger partial charge >= 0.3 is 5.69 Å². The zero-order valence-electron chi connectivity index (χ0n) is 8.35. The van der Waals surface area contributed by atoms with Crippen LogP contribution in [0.4, 0.5) is 11.6 Å². The number of ether oxygens (including phenoxy) is 1. The van der Waals surface area contributed by atoms with Crippen LogP contribution < -0.4 is 16.0 Å². The fourth-order valence-corrected chi connectivity index (χ4v) is 1.05. The van der Waals surface area contributed by atoms with E-state index in [2.05, 4.69) is 15.4 Å². The molecule has 8 nitrogen and oxygen atoms in total. The largest absolute Gasteiger partial charge is 0.473 e. The zero-order chi connectivity index (χ0) is 11.4. The maximum Gasteiger partial charge on any atom is 0.352 e. The molecule has 0 saturated carbocycles. The average Bonchev–Trinajstić information content (AvgIpc) is 2.16. The smallest absolute Gasteiger partial charge is 0.352 e. The lowest BCUT2D eigenvalue weighted by atomic mass is 10.3. The Bertz CT molecular complexity index is 381. The van der Waals surface area contributed by atoms with E-state index in [4.69, 9.17) is 10.6 Å². The predicted molar refractivity (Wildman–Crippen MR) is 52.4 cm³/mol. The Kier molecular flexibility index (Phi) is 3.34. The summed E-state index contributed by atoms with van der Waals surface area (Å²) in [6.45, 7) is 3.47. The lowest BCUT2D eigenvalue weighted by Gasteiger charge is -2.06. The second-order valence-corrected chi connectivity index (χ2v) is 2.62. The topological polar surface area (TPSA) is 116 Å². The summed E-state index contributed by atoms with van der Waals surface area (Å²) >= 11 is 0. The van der Waals surface area contributed by atoms with Gasteiger partial charge in [0.1, 0.15) is 5.69 Å². The molecular formula is C7H11N5O3. The Morgan fingerprint density at radius 1 is 1.60 bits per heavy atom. The van der Waals surface area contributed by atoms with Crippen molar-refractivity contribution in [2.45, 2.75) is 13.8 Å². The minimum atomic E-state index is -0.583. The van der Waals surface area contributed by atoms with E-state index >= 15 is 0 Å². The van der Waals surface area contributed by atoms with Crippen molar-refractivity contribution in [2.75, 3.05) is 12.0 Å². The third-order valence-corrected chi connectivity index (χ3v) is 1.62. The van der Waals surface area contributed by atoms with Crippen LogP contribution in [0, 0.1) is 17.0 Å². The van der Waals surface area contributed by atoms with Crippen molar-refractivity contribution in [3.8, 4) is 5.88 Å². The molecule has 0 radical (unpaired) electrons. The molecule has 82 valence electrons. The number of hydrogen-bond acceptors (Lipinski definition) is 7. The van der Waals surface area contributed by atoms with Crippen LogP contribution in [0.15, 0.2) is 0 Å². The molecule has 0 aliphatic rings. The number of hydrazine groups is 1. The van der Waals surface area contributed by atoms with Gasteiger partial charge in [0, 0.05) is 0 Å². The summed E-state index contributed by atoms with van der Waals surface area (Å²) in [5.74, 6) is 5.11. The fourth-order valence-electron chi connectivity index (χ4n) is 1.05. The van der Waals surface area contributed by atoms with E-state index in [-0.39, 0.29) is 29.8 Å². The van der Waals surface area contributed by atoms with Crippen molar-refractivity contribution in [2.24, 2.45) is 5.84 Å². The molecule has 8 heteroatoms. The Morgan fingerprint density at radius 3 is 2.73 bits per heavy atom. The van der Waals surface area contributed by atoms with Crippen molar-refractivity contribution < 1.29 is 9.66 Å². The molecule has 0 aliphatic carbocycles. The number of nitrogens with one attached hydrogen (secondary N) is 1. The van der Waals surface area contributed by atoms with Gasteiger partial charge in [0.25, 0.3) is 5.88 Å². The molecule has 1 aromatic rings. The molecule has 0 saturated heterocycles. The summed E-state index contributed by atoms with van der Waals surface area (Å²) in [7, 11) is 0. The van der Waals surface area contributed by atoms with Crippen molar-refractivity contribution in [3.05, 3.63) is 15.8 Å². The standard InChI is InChI=1S/C7H11N5O3/c1-3-15-6-5(12(13)14)4(2)9-7(10-6)11-8/h3,8H2,1-2H3,(H,9,10,11). The highest BCUT2D eigenvalue weighted by molar-refractivity contribution is 5.48. The van der Waals surface area contributed by atoms with Gasteiger partial charge in [-0.15, -0.1) is 0 Å². The molecule has 0 spiro atoms. The van der Waals surface area contributed by atoms with E-state index in [0.717, 1.165) is 0 Å². The Balaban J connectivity index is 3.28. The Hall–Kier alpha value is -1.96. The summed E-state index contributed by atoms with van der Waals surface area (Å²) in [5.41, 5.74) is 2.17. The number of aromatic nitrogens is 2. The van der Waals surface area contributed by atoms with E-state index in [1.807, 2.05) is 0 Å². The van der Waals surface area contributed by atoms with Gasteiger partial charge in [-0.1, -0.05) is 0 Å². The molecule has 3 N–H and O–H groups in total. The number of anilines is 1. The first kappa shape index (κ1) is 11.1. The van der Waals surface area contributed by atoms with E-state index in [1.165, 1.54) is 6.92 Å². The number of nitrogen functional groups attached to an aromatic ring is 1. The van der Waals surface area contributed by atoms with Crippen molar-refractivity contribution in [1.29, 1.82) is 0 Å². The average molecular weight is 213 g/mol. The van der Waals surface area contributed by atoms with Gasteiger partial charge < -0.3 is 4.74 Å². The van der Waals surface area contributed by atoms with Crippen LogP contribution >= 0.6 is 0 Å². The second kappa shape index (κ2) is 4.51. The molecule has 1 rings (SSSR count). The van der Waals surface area contributed by atoms with Crippen LogP contribution in [0.5, 0.6) is 5.88 Å². The van der Waals surface area contributed by atoms with Crippen molar-refractivity contribution >= 4 is 11.6 Å². The quantitative estimate of drug-likeness (QED) is 0.421. The summed E-state index contributed by atoms with van der Waals surface area (Å²) in [4.78, 5) is 17.7. The predicted octanol–water partition coefficient (Wildman–Crippen LogP) is 0.378. The number of aryl methyl sites for hydroxylation is 1. The van der Waals surface area contributed by atoms with Crippen molar-refractivity contribution in [1.82, 2.24) is 9.97 Å². The molecule has 0 fully saturated rings. The zero-order valence-corrected chi connectivity index (χ0v) is 8.35. The highest BCUT2D eigenvalue weighted by atomic mass is 16.6. The molecular weight excluding hydrogens is 202 g/mol. The monoisotopic (exact) mass is 213 g/mol. The third-order valence-electron chi connectivity index (χ3n) is 1.62. The van der Waals surface area contributed by atoms with Crippen LogP contribution in [0.2, 0.25) is 0 Å². The molecule has 0 bridgehead atoms. The first-order chi connectivity index (χ1) is 7.10. The van der Waals surface area contributed by atoms with Crippen LogP contribution in [0.1, 0.15) is 12.6 Å². The maximum atomic E-state index is 10.7. The normalized spacial score (nSPS) is 9.80. The molecule has 15 heavy (non-hydrogen) atoms. The number of nitro groups is 1. The van der Waals surface area contributed by atoms with Gasteiger partial charge in [-0.2, -0.15) is 4.98 Å². The van der Waals surface area contributed by atoms with Gasteiger partial charge in [0.15, 0.2) is 0 Å². The van der Waals surface area contributed by atoms with Crippen molar-refractivity contribution in [3.63, 3.8) is 0 Å². The molecule has 0 unspecified atom stereocenters. The Morgan fingerprint density at radius 2 is 2.27 bits per heavy atom. The van der Waals surface area contributed by atoms with E-state index in [9.17, 15) is 10.1 Å². The molecule has 0 amide bonds. The van der Waals surface area contributed by atoms with E-state index < -0.39 is 4.92 Å². The SMILES string of the molecule is CCOc1nc(NN)nc(C)c1[N+](=O)[O-]. The maximum absolute atomic E-state index is 10.7. The highest BCUT2D eigenvalue weighted by Gasteiger charge is 2.22. The minimum Gasteiger partial charge on any atom is -0.473 e. The molecule has 1 heterocycles. The number of hydrogen-bond donors (Lipinski definition) is 2. The van der Waals surface area contributed by atoms with Gasteiger partial charge in [0.2, 0.25) is 5.95 Å². The van der Waals surface area contributed by atoms with Gasteiger partial charge in [-0.25, -0.2) is 10.8 Å². The summed E-state index contributed by atoms with van der Waals surface area (Å²) in [6, 6.07) is 0. The van der Waals surface area contributed by atoms with Crippen LogP contribution in [0.25, 0.3) is 0 Å².